The highest BCUT2D eigenvalue weighted by molar-refractivity contribution is 8.00. The Labute approximate surface area is 170 Å². The lowest BCUT2D eigenvalue weighted by Crippen LogP contribution is -3.15. The number of rotatable bonds is 8. The van der Waals surface area contributed by atoms with Crippen molar-refractivity contribution >= 4 is 34.3 Å². The van der Waals surface area contributed by atoms with Crippen LogP contribution in [0.5, 0.6) is 0 Å². The lowest BCUT2D eigenvalue weighted by Gasteiger charge is -2.31. The molecule has 2 aromatic rings. The summed E-state index contributed by atoms with van der Waals surface area (Å²) in [5.74, 6) is 0.658. The normalized spacial score (nSPS) is 15.0. The first-order chi connectivity index (χ1) is 13.7. The van der Waals surface area contributed by atoms with E-state index >= 15 is 0 Å². The number of hydrogen-bond donors (Lipinski definition) is 2. The maximum Gasteiger partial charge on any atom is 0.275 e. The van der Waals surface area contributed by atoms with Gasteiger partial charge in [-0.25, -0.2) is 0 Å². The molecule has 1 aliphatic heterocycles. The molecule has 0 unspecified atom stereocenters. The molecule has 1 fully saturated rings. The molecule has 28 heavy (non-hydrogen) atoms. The minimum atomic E-state index is 0.0405. The van der Waals surface area contributed by atoms with Gasteiger partial charge in [-0.3, -0.25) is 9.59 Å². The Morgan fingerprint density at radius 3 is 2.64 bits per heavy atom. The Kier molecular flexibility index (Phi) is 7.71. The molecule has 1 aliphatic rings. The van der Waals surface area contributed by atoms with E-state index < -0.39 is 0 Å². The Balaban J connectivity index is 1.40. The van der Waals surface area contributed by atoms with E-state index in [0.717, 1.165) is 18.0 Å². The van der Waals surface area contributed by atoms with Crippen LogP contribution in [0.3, 0.4) is 0 Å². The number of fused-ring (bicyclic) bond motifs is 1. The lowest BCUT2D eigenvalue weighted by molar-refractivity contribution is -0.896. The maximum atomic E-state index is 12.5. The van der Waals surface area contributed by atoms with Gasteiger partial charge in [-0.15, -0.1) is 11.8 Å². The molecule has 150 valence electrons. The second-order valence-electron chi connectivity index (χ2n) is 6.95. The van der Waals surface area contributed by atoms with Crippen LogP contribution >= 0.6 is 11.8 Å². The van der Waals surface area contributed by atoms with E-state index in [9.17, 15) is 9.59 Å². The molecule has 7 heteroatoms. The number of carbonyl (C=O) groups is 2. The van der Waals surface area contributed by atoms with Crippen molar-refractivity contribution in [3.05, 3.63) is 42.5 Å². The summed E-state index contributed by atoms with van der Waals surface area (Å²) in [7, 11) is 1.62. The third-order valence-electron chi connectivity index (χ3n) is 4.95. The van der Waals surface area contributed by atoms with Crippen molar-refractivity contribution in [3.8, 4) is 0 Å². The topological polar surface area (TPSA) is 63.1 Å². The molecular formula is C21H28N3O3S+. The van der Waals surface area contributed by atoms with Gasteiger partial charge in [0.05, 0.1) is 38.5 Å². The van der Waals surface area contributed by atoms with Gasteiger partial charge in [0.1, 0.15) is 0 Å². The van der Waals surface area contributed by atoms with Crippen molar-refractivity contribution in [2.24, 2.45) is 0 Å². The number of nitrogens with zero attached hydrogens (tertiary/aromatic N) is 1. The molecular weight excluding hydrogens is 374 g/mol. The van der Waals surface area contributed by atoms with Crippen LogP contribution in [0.25, 0.3) is 10.8 Å². The van der Waals surface area contributed by atoms with Gasteiger partial charge in [-0.2, -0.15) is 0 Å². The molecule has 0 radical (unpaired) electrons. The summed E-state index contributed by atoms with van der Waals surface area (Å²) in [6, 6.07) is 14.6. The van der Waals surface area contributed by atoms with Crippen LogP contribution in [0.15, 0.2) is 47.4 Å². The Bertz CT molecular complexity index is 806. The van der Waals surface area contributed by atoms with Gasteiger partial charge in [-0.05, 0) is 22.9 Å². The predicted octanol–water partition coefficient (Wildman–Crippen LogP) is 0.422. The van der Waals surface area contributed by atoms with Crippen LogP contribution in [0.4, 0.5) is 0 Å². The van der Waals surface area contributed by atoms with Gasteiger partial charge < -0.3 is 19.9 Å². The fourth-order valence-electron chi connectivity index (χ4n) is 3.32. The molecule has 0 aliphatic carbocycles. The van der Waals surface area contributed by atoms with Crippen molar-refractivity contribution in [3.63, 3.8) is 0 Å². The maximum absolute atomic E-state index is 12.5. The molecule has 1 heterocycles. The monoisotopic (exact) mass is 402 g/mol. The number of quaternary nitrogens is 1. The Hall–Kier alpha value is -2.09. The fraction of sp³-hybridized carbons (Fsp3) is 0.429. The molecule has 0 bridgehead atoms. The number of benzene rings is 2. The van der Waals surface area contributed by atoms with Crippen LogP contribution in [0.1, 0.15) is 0 Å². The number of thioether (sulfide) groups is 1. The molecule has 6 nitrogen and oxygen atoms in total. The summed E-state index contributed by atoms with van der Waals surface area (Å²) in [5.41, 5.74) is 0. The highest BCUT2D eigenvalue weighted by atomic mass is 32.2. The van der Waals surface area contributed by atoms with E-state index in [-0.39, 0.29) is 11.8 Å². The second kappa shape index (κ2) is 10.5. The van der Waals surface area contributed by atoms with Gasteiger partial charge in [0.25, 0.3) is 5.91 Å². The average Bonchev–Trinajstić information content (AvgIpc) is 2.72. The summed E-state index contributed by atoms with van der Waals surface area (Å²) in [6.07, 6.45) is 0. The molecule has 3 rings (SSSR count). The summed E-state index contributed by atoms with van der Waals surface area (Å²) in [5, 5.41) is 5.25. The molecule has 1 saturated heterocycles. The van der Waals surface area contributed by atoms with Gasteiger partial charge in [0.2, 0.25) is 5.91 Å². The first-order valence-electron chi connectivity index (χ1n) is 9.64. The number of methoxy groups -OCH3 is 1. The zero-order chi connectivity index (χ0) is 19.8. The molecule has 2 aromatic carbocycles. The number of amides is 2. The SMILES string of the molecule is COCCNC(=O)C[NH+]1CCN(C(=O)CSc2ccc3ccccc3c2)CC1. The van der Waals surface area contributed by atoms with Crippen molar-refractivity contribution < 1.29 is 19.2 Å². The zero-order valence-electron chi connectivity index (χ0n) is 16.3. The molecule has 0 saturated carbocycles. The Morgan fingerprint density at radius 1 is 1.14 bits per heavy atom. The molecule has 0 aromatic heterocycles. The summed E-state index contributed by atoms with van der Waals surface area (Å²) in [6.45, 7) is 4.55. The number of ether oxygens (including phenoxy) is 1. The van der Waals surface area contributed by atoms with Crippen molar-refractivity contribution in [2.45, 2.75) is 4.90 Å². The van der Waals surface area contributed by atoms with E-state index in [0.29, 0.717) is 38.5 Å². The van der Waals surface area contributed by atoms with Crippen LogP contribution < -0.4 is 10.2 Å². The van der Waals surface area contributed by atoms with Crippen LogP contribution in [0.2, 0.25) is 0 Å². The van der Waals surface area contributed by atoms with E-state index in [1.165, 1.54) is 15.7 Å². The van der Waals surface area contributed by atoms with E-state index in [1.54, 1.807) is 18.9 Å². The summed E-state index contributed by atoms with van der Waals surface area (Å²) < 4.78 is 4.93. The van der Waals surface area contributed by atoms with E-state index in [2.05, 4.69) is 35.6 Å². The number of hydrogen-bond acceptors (Lipinski definition) is 4. The standard InChI is InChI=1S/C21H27N3O3S/c1-27-13-8-22-20(25)15-23-9-11-24(12-10-23)21(26)16-28-19-7-6-17-4-2-3-5-18(17)14-19/h2-7,14H,8-13,15-16H2,1H3,(H,22,25)/p+1. The minimum Gasteiger partial charge on any atom is -0.383 e. The average molecular weight is 403 g/mol. The molecule has 0 spiro atoms. The molecule has 0 atom stereocenters. The highest BCUT2D eigenvalue weighted by Gasteiger charge is 2.25. The quantitative estimate of drug-likeness (QED) is 0.496. The summed E-state index contributed by atoms with van der Waals surface area (Å²) >= 11 is 1.59. The largest absolute Gasteiger partial charge is 0.383 e. The van der Waals surface area contributed by atoms with Crippen LogP contribution in [-0.2, 0) is 14.3 Å². The van der Waals surface area contributed by atoms with Gasteiger partial charge in [-0.1, -0.05) is 30.3 Å². The zero-order valence-corrected chi connectivity index (χ0v) is 17.1. The summed E-state index contributed by atoms with van der Waals surface area (Å²) in [4.78, 5) is 28.7. The van der Waals surface area contributed by atoms with Crippen molar-refractivity contribution in [1.29, 1.82) is 0 Å². The lowest BCUT2D eigenvalue weighted by atomic mass is 10.1. The third-order valence-corrected chi connectivity index (χ3v) is 5.92. The van der Waals surface area contributed by atoms with E-state index in [1.807, 2.05) is 17.0 Å². The Morgan fingerprint density at radius 2 is 1.89 bits per heavy atom. The van der Waals surface area contributed by atoms with Crippen LogP contribution in [0, 0.1) is 0 Å². The van der Waals surface area contributed by atoms with Gasteiger partial charge in [0, 0.05) is 18.6 Å². The number of piperazine rings is 1. The van der Waals surface area contributed by atoms with Crippen molar-refractivity contribution in [1.82, 2.24) is 10.2 Å². The van der Waals surface area contributed by atoms with E-state index in [4.69, 9.17) is 4.74 Å². The third kappa shape index (κ3) is 5.95. The minimum absolute atomic E-state index is 0.0405. The fourth-order valence-corrected chi connectivity index (χ4v) is 4.17. The van der Waals surface area contributed by atoms with Crippen molar-refractivity contribution in [2.75, 3.05) is 58.7 Å². The smallest absolute Gasteiger partial charge is 0.275 e. The molecule has 2 amide bonds. The molecule has 2 N–H and O–H groups in total. The number of carbonyl (C=O) groups excluding carboxylic acids is 2. The van der Waals surface area contributed by atoms with Gasteiger partial charge >= 0.3 is 0 Å². The van der Waals surface area contributed by atoms with Gasteiger partial charge in [0.15, 0.2) is 6.54 Å². The first-order valence-corrected chi connectivity index (χ1v) is 10.6. The number of nitrogens with one attached hydrogen (secondary N) is 2. The van der Waals surface area contributed by atoms with Crippen LogP contribution in [-0.4, -0.2) is 75.5 Å². The predicted molar refractivity (Wildman–Crippen MR) is 112 cm³/mol. The highest BCUT2D eigenvalue weighted by Crippen LogP contribution is 2.23. The first kappa shape index (κ1) is 20.6. The second-order valence-corrected chi connectivity index (χ2v) is 8.00.